The first-order valence-electron chi connectivity index (χ1n) is 5.94. The molecule has 2 aromatic carbocycles. The molecule has 0 bridgehead atoms. The van der Waals surface area contributed by atoms with Crippen LogP contribution in [0, 0.1) is 5.82 Å². The molecule has 2 nitrogen and oxygen atoms in total. The maximum atomic E-state index is 13.1. The molecule has 2 N–H and O–H groups in total. The Morgan fingerprint density at radius 3 is 2.60 bits per heavy atom. The fourth-order valence-corrected chi connectivity index (χ4v) is 2.56. The lowest BCUT2D eigenvalue weighted by atomic mass is 10.1. The standard InChI is InChI=1S/C15H10Cl2FNO/c16-9-1-4-13-8(5-9)6-14(20-13)15(19)11-3-2-10(18)7-12(11)17/h1-7,15H,19H2. The number of fused-ring (bicyclic) bond motifs is 1. The summed E-state index contributed by atoms with van der Waals surface area (Å²) in [6, 6.07) is 10.7. The fourth-order valence-electron chi connectivity index (χ4n) is 2.10. The van der Waals surface area contributed by atoms with E-state index in [0.29, 0.717) is 21.9 Å². The van der Waals surface area contributed by atoms with Gasteiger partial charge in [0.2, 0.25) is 0 Å². The fraction of sp³-hybridized carbons (Fsp3) is 0.0667. The Kier molecular flexibility index (Phi) is 3.42. The highest BCUT2D eigenvalue weighted by molar-refractivity contribution is 6.31. The largest absolute Gasteiger partial charge is 0.459 e. The zero-order valence-electron chi connectivity index (χ0n) is 10.2. The van der Waals surface area contributed by atoms with Gasteiger partial charge in [0.05, 0.1) is 6.04 Å². The molecule has 0 aliphatic rings. The van der Waals surface area contributed by atoms with Crippen LogP contribution < -0.4 is 5.73 Å². The molecule has 1 atom stereocenters. The van der Waals surface area contributed by atoms with Crippen molar-refractivity contribution >= 4 is 34.2 Å². The second kappa shape index (κ2) is 5.09. The van der Waals surface area contributed by atoms with Crippen molar-refractivity contribution in [3.05, 3.63) is 69.7 Å². The Morgan fingerprint density at radius 2 is 1.85 bits per heavy atom. The molecule has 0 saturated carbocycles. The molecule has 0 radical (unpaired) electrons. The molecule has 0 amide bonds. The van der Waals surface area contributed by atoms with Gasteiger partial charge in [0.1, 0.15) is 17.2 Å². The molecule has 0 fully saturated rings. The first kappa shape index (κ1) is 13.4. The number of halogens is 3. The summed E-state index contributed by atoms with van der Waals surface area (Å²) < 4.78 is 18.8. The Morgan fingerprint density at radius 1 is 1.05 bits per heavy atom. The summed E-state index contributed by atoms with van der Waals surface area (Å²) in [4.78, 5) is 0. The van der Waals surface area contributed by atoms with Crippen molar-refractivity contribution < 1.29 is 8.81 Å². The van der Waals surface area contributed by atoms with E-state index in [9.17, 15) is 4.39 Å². The summed E-state index contributed by atoms with van der Waals surface area (Å²) in [6.45, 7) is 0. The molecule has 0 aliphatic carbocycles. The number of hydrogen-bond donors (Lipinski definition) is 1. The van der Waals surface area contributed by atoms with Gasteiger partial charge in [-0.05, 0) is 42.0 Å². The van der Waals surface area contributed by atoms with Gasteiger partial charge in [-0.2, -0.15) is 0 Å². The van der Waals surface area contributed by atoms with Gasteiger partial charge in [0, 0.05) is 15.4 Å². The van der Waals surface area contributed by atoms with E-state index in [1.807, 2.05) is 6.07 Å². The molecule has 0 saturated heterocycles. The minimum atomic E-state index is -0.561. The Balaban J connectivity index is 2.05. The second-order valence-corrected chi connectivity index (χ2v) is 5.32. The molecule has 5 heteroatoms. The Hall–Kier alpha value is -1.55. The SMILES string of the molecule is NC(c1cc2cc(Cl)ccc2o1)c1ccc(F)cc1Cl. The van der Waals surface area contributed by atoms with E-state index >= 15 is 0 Å². The molecular formula is C15H10Cl2FNO. The van der Waals surface area contributed by atoms with Gasteiger partial charge in [-0.1, -0.05) is 29.3 Å². The van der Waals surface area contributed by atoms with Gasteiger partial charge >= 0.3 is 0 Å². The van der Waals surface area contributed by atoms with Crippen molar-refractivity contribution in [1.82, 2.24) is 0 Å². The van der Waals surface area contributed by atoms with Crippen LogP contribution in [0.15, 0.2) is 46.9 Å². The van der Waals surface area contributed by atoms with Gasteiger partial charge in [-0.25, -0.2) is 4.39 Å². The lowest BCUT2D eigenvalue weighted by molar-refractivity contribution is 0.524. The molecule has 3 aromatic rings. The molecule has 20 heavy (non-hydrogen) atoms. The molecule has 102 valence electrons. The normalized spacial score (nSPS) is 12.8. The van der Waals surface area contributed by atoms with E-state index in [0.717, 1.165) is 5.39 Å². The predicted octanol–water partition coefficient (Wildman–Crippen LogP) is 4.93. The summed E-state index contributed by atoms with van der Waals surface area (Å²) >= 11 is 11.9. The highest BCUT2D eigenvalue weighted by Crippen LogP contribution is 2.31. The summed E-state index contributed by atoms with van der Waals surface area (Å²) in [6.07, 6.45) is 0. The average molecular weight is 310 g/mol. The molecule has 3 rings (SSSR count). The highest BCUT2D eigenvalue weighted by atomic mass is 35.5. The van der Waals surface area contributed by atoms with Crippen LogP contribution in [-0.2, 0) is 0 Å². The predicted molar refractivity (Wildman–Crippen MR) is 78.7 cm³/mol. The number of benzene rings is 2. The van der Waals surface area contributed by atoms with Crippen LogP contribution in [0.4, 0.5) is 4.39 Å². The quantitative estimate of drug-likeness (QED) is 0.729. The third kappa shape index (κ3) is 2.40. The first-order chi connectivity index (χ1) is 9.54. The van der Waals surface area contributed by atoms with Crippen LogP contribution in [-0.4, -0.2) is 0 Å². The monoisotopic (exact) mass is 309 g/mol. The smallest absolute Gasteiger partial charge is 0.134 e. The van der Waals surface area contributed by atoms with Gasteiger partial charge < -0.3 is 10.2 Å². The highest BCUT2D eigenvalue weighted by Gasteiger charge is 2.17. The van der Waals surface area contributed by atoms with Gasteiger partial charge in [-0.15, -0.1) is 0 Å². The van der Waals surface area contributed by atoms with Gasteiger partial charge in [-0.3, -0.25) is 0 Å². The van der Waals surface area contributed by atoms with Crippen LogP contribution >= 0.6 is 23.2 Å². The van der Waals surface area contributed by atoms with E-state index in [1.165, 1.54) is 12.1 Å². The summed E-state index contributed by atoms with van der Waals surface area (Å²) in [5.41, 5.74) is 7.44. The van der Waals surface area contributed by atoms with E-state index in [1.54, 1.807) is 24.3 Å². The average Bonchev–Trinajstić information content (AvgIpc) is 2.81. The lowest BCUT2D eigenvalue weighted by Gasteiger charge is -2.10. The molecule has 0 spiro atoms. The van der Waals surface area contributed by atoms with Crippen molar-refractivity contribution in [3.8, 4) is 0 Å². The lowest BCUT2D eigenvalue weighted by Crippen LogP contribution is -2.11. The number of hydrogen-bond acceptors (Lipinski definition) is 2. The number of furan rings is 1. The van der Waals surface area contributed by atoms with E-state index < -0.39 is 11.9 Å². The van der Waals surface area contributed by atoms with Crippen LogP contribution in [0.25, 0.3) is 11.0 Å². The van der Waals surface area contributed by atoms with Crippen molar-refractivity contribution in [2.45, 2.75) is 6.04 Å². The molecular weight excluding hydrogens is 300 g/mol. The maximum Gasteiger partial charge on any atom is 0.134 e. The zero-order valence-corrected chi connectivity index (χ0v) is 11.8. The minimum Gasteiger partial charge on any atom is -0.459 e. The topological polar surface area (TPSA) is 39.2 Å². The Labute approximate surface area is 124 Å². The summed E-state index contributed by atoms with van der Waals surface area (Å²) in [5.74, 6) is 0.151. The van der Waals surface area contributed by atoms with E-state index in [2.05, 4.69) is 0 Å². The van der Waals surface area contributed by atoms with Gasteiger partial charge in [0.15, 0.2) is 0 Å². The summed E-state index contributed by atoms with van der Waals surface area (Å²) in [7, 11) is 0. The van der Waals surface area contributed by atoms with Crippen LogP contribution in [0.5, 0.6) is 0 Å². The second-order valence-electron chi connectivity index (χ2n) is 4.47. The maximum absolute atomic E-state index is 13.1. The third-order valence-electron chi connectivity index (χ3n) is 3.10. The Bertz CT molecular complexity index is 785. The molecule has 0 aliphatic heterocycles. The van der Waals surface area contributed by atoms with Crippen molar-refractivity contribution in [1.29, 1.82) is 0 Å². The van der Waals surface area contributed by atoms with Crippen molar-refractivity contribution in [3.63, 3.8) is 0 Å². The third-order valence-corrected chi connectivity index (χ3v) is 3.66. The zero-order chi connectivity index (χ0) is 14.3. The molecule has 1 aromatic heterocycles. The first-order valence-corrected chi connectivity index (χ1v) is 6.70. The molecule has 1 unspecified atom stereocenters. The van der Waals surface area contributed by atoms with E-state index in [4.69, 9.17) is 33.4 Å². The van der Waals surface area contributed by atoms with Gasteiger partial charge in [0.25, 0.3) is 0 Å². The van der Waals surface area contributed by atoms with Crippen molar-refractivity contribution in [2.24, 2.45) is 5.73 Å². The van der Waals surface area contributed by atoms with Crippen LogP contribution in [0.2, 0.25) is 10.0 Å². The van der Waals surface area contributed by atoms with E-state index in [-0.39, 0.29) is 5.02 Å². The van der Waals surface area contributed by atoms with Crippen LogP contribution in [0.3, 0.4) is 0 Å². The minimum absolute atomic E-state index is 0.274. The molecule has 1 heterocycles. The van der Waals surface area contributed by atoms with Crippen molar-refractivity contribution in [2.75, 3.05) is 0 Å². The number of rotatable bonds is 2. The summed E-state index contributed by atoms with van der Waals surface area (Å²) in [5, 5.41) is 1.76. The number of nitrogens with two attached hydrogens (primary N) is 1. The van der Waals surface area contributed by atoms with Crippen LogP contribution in [0.1, 0.15) is 17.4 Å².